The van der Waals surface area contributed by atoms with Gasteiger partial charge >= 0.3 is 0 Å². The minimum absolute atomic E-state index is 0.221. The van der Waals surface area contributed by atoms with Gasteiger partial charge in [-0.25, -0.2) is 0 Å². The maximum atomic E-state index is 12.4. The van der Waals surface area contributed by atoms with E-state index in [1.807, 2.05) is 0 Å². The van der Waals surface area contributed by atoms with Crippen LogP contribution in [0.2, 0.25) is 0 Å². The highest BCUT2D eigenvalue weighted by molar-refractivity contribution is 7.99. The lowest BCUT2D eigenvalue weighted by Gasteiger charge is -2.17. The zero-order valence-corrected chi connectivity index (χ0v) is 14.6. The van der Waals surface area contributed by atoms with Crippen molar-refractivity contribution in [3.05, 3.63) is 41.2 Å². The number of fused-ring (bicyclic) bond motifs is 2. The number of rotatable bonds is 5. The van der Waals surface area contributed by atoms with Crippen molar-refractivity contribution in [2.45, 2.75) is 31.3 Å². The van der Waals surface area contributed by atoms with Crippen molar-refractivity contribution in [1.29, 1.82) is 0 Å². The van der Waals surface area contributed by atoms with Crippen molar-refractivity contribution in [2.75, 3.05) is 12.3 Å². The lowest BCUT2D eigenvalue weighted by Crippen LogP contribution is -2.32. The molecule has 4 rings (SSSR count). The number of hydrogen-bond acceptors (Lipinski definition) is 6. The second-order valence-electron chi connectivity index (χ2n) is 5.97. The molecular weight excluding hydrogens is 338 g/mol. The smallest absolute Gasteiger partial charge is 0.261 e. The highest BCUT2D eigenvalue weighted by Gasteiger charge is 2.35. The predicted molar refractivity (Wildman–Crippen MR) is 94.0 cm³/mol. The average molecular weight is 355 g/mol. The van der Waals surface area contributed by atoms with Crippen molar-refractivity contribution in [3.8, 4) is 0 Å². The second-order valence-corrected chi connectivity index (χ2v) is 6.92. The molecule has 1 aromatic heterocycles. The molecule has 2 aromatic rings. The number of hydrogen-bond donors (Lipinski definition) is 0. The van der Waals surface area contributed by atoms with Crippen LogP contribution < -0.4 is 0 Å². The highest BCUT2D eigenvalue weighted by atomic mass is 32.2. The minimum Gasteiger partial charge on any atom is -0.274 e. The van der Waals surface area contributed by atoms with E-state index in [1.54, 1.807) is 40.7 Å². The van der Waals surface area contributed by atoms with E-state index in [4.69, 9.17) is 0 Å². The Kier molecular flexibility index (Phi) is 4.12. The summed E-state index contributed by atoms with van der Waals surface area (Å²) >= 11 is 1.59. The van der Waals surface area contributed by atoms with Crippen LogP contribution >= 0.6 is 11.8 Å². The first-order chi connectivity index (χ1) is 12.2. The SMILES string of the molecule is CCCc1nnc2n1N=C(CCN1C(=O)c3ccccc3C1=O)CS2. The van der Waals surface area contributed by atoms with Crippen LogP contribution in [0.4, 0.5) is 0 Å². The van der Waals surface area contributed by atoms with Gasteiger partial charge in [-0.1, -0.05) is 30.8 Å². The van der Waals surface area contributed by atoms with Crippen LogP contribution in [-0.2, 0) is 6.42 Å². The van der Waals surface area contributed by atoms with Crippen molar-refractivity contribution in [3.63, 3.8) is 0 Å². The number of amides is 2. The van der Waals surface area contributed by atoms with Gasteiger partial charge in [-0.15, -0.1) is 10.2 Å². The first-order valence-electron chi connectivity index (χ1n) is 8.28. The number of carbonyl (C=O) groups excluding carboxylic acids is 2. The van der Waals surface area contributed by atoms with E-state index in [1.165, 1.54) is 4.90 Å². The first kappa shape index (κ1) is 16.0. The largest absolute Gasteiger partial charge is 0.274 e. The van der Waals surface area contributed by atoms with Crippen LogP contribution in [0.5, 0.6) is 0 Å². The first-order valence-corrected chi connectivity index (χ1v) is 9.26. The van der Waals surface area contributed by atoms with E-state index in [0.717, 1.165) is 29.5 Å². The summed E-state index contributed by atoms with van der Waals surface area (Å²) in [7, 11) is 0. The summed E-state index contributed by atoms with van der Waals surface area (Å²) < 4.78 is 1.79. The molecule has 0 aliphatic carbocycles. The van der Waals surface area contributed by atoms with Gasteiger partial charge < -0.3 is 0 Å². The molecule has 0 N–H and O–H groups in total. The fourth-order valence-electron chi connectivity index (χ4n) is 2.99. The number of thioether (sulfide) groups is 1. The van der Waals surface area contributed by atoms with E-state index in [2.05, 4.69) is 22.2 Å². The molecule has 2 aliphatic rings. The molecule has 25 heavy (non-hydrogen) atoms. The molecule has 8 heteroatoms. The van der Waals surface area contributed by atoms with Gasteiger partial charge in [0.15, 0.2) is 5.82 Å². The number of aromatic nitrogens is 3. The summed E-state index contributed by atoms with van der Waals surface area (Å²) in [4.78, 5) is 26.1. The van der Waals surface area contributed by atoms with Gasteiger partial charge in [0.05, 0.1) is 16.8 Å². The molecule has 128 valence electrons. The molecule has 0 radical (unpaired) electrons. The topological polar surface area (TPSA) is 80.5 Å². The van der Waals surface area contributed by atoms with E-state index in [9.17, 15) is 9.59 Å². The Labute approximate surface area is 149 Å². The Hall–Kier alpha value is -2.48. The Morgan fingerprint density at radius 2 is 1.80 bits per heavy atom. The molecule has 2 amide bonds. The van der Waals surface area contributed by atoms with E-state index in [0.29, 0.717) is 29.8 Å². The van der Waals surface area contributed by atoms with Crippen molar-refractivity contribution in [2.24, 2.45) is 5.10 Å². The normalized spacial score (nSPS) is 16.0. The number of benzene rings is 1. The standard InChI is InChI=1S/C17H17N5O2S/c1-2-5-14-18-19-17-22(14)20-11(10-25-17)8-9-21-15(23)12-6-3-4-7-13(12)16(21)24/h3-4,6-7H,2,5,8-10H2,1H3. The Morgan fingerprint density at radius 3 is 2.48 bits per heavy atom. The van der Waals surface area contributed by atoms with Crippen molar-refractivity contribution < 1.29 is 9.59 Å². The number of carbonyl (C=O) groups is 2. The van der Waals surface area contributed by atoms with Gasteiger partial charge in [0.2, 0.25) is 5.16 Å². The molecule has 0 unspecified atom stereocenters. The average Bonchev–Trinajstić information content (AvgIpc) is 3.14. The van der Waals surface area contributed by atoms with E-state index in [-0.39, 0.29) is 11.8 Å². The fourth-order valence-corrected chi connectivity index (χ4v) is 3.85. The minimum atomic E-state index is -0.221. The third kappa shape index (κ3) is 2.76. The third-order valence-corrected chi connectivity index (χ3v) is 5.25. The zero-order valence-electron chi connectivity index (χ0n) is 13.8. The maximum absolute atomic E-state index is 12.4. The summed E-state index contributed by atoms with van der Waals surface area (Å²) in [6.07, 6.45) is 2.35. The molecule has 0 saturated heterocycles. The lowest BCUT2D eigenvalue weighted by atomic mass is 10.1. The van der Waals surface area contributed by atoms with Gasteiger partial charge in [-0.2, -0.15) is 9.78 Å². The van der Waals surface area contributed by atoms with Gasteiger partial charge in [0.1, 0.15) is 0 Å². The Balaban J connectivity index is 1.49. The van der Waals surface area contributed by atoms with Crippen molar-refractivity contribution >= 4 is 29.3 Å². The summed E-state index contributed by atoms with van der Waals surface area (Å²) in [6.45, 7) is 2.43. The summed E-state index contributed by atoms with van der Waals surface area (Å²) in [5.41, 5.74) is 1.91. The van der Waals surface area contributed by atoms with Gasteiger partial charge in [0.25, 0.3) is 11.8 Å². The van der Waals surface area contributed by atoms with Crippen LogP contribution in [0, 0.1) is 0 Å². The van der Waals surface area contributed by atoms with Gasteiger partial charge in [-0.3, -0.25) is 14.5 Å². The number of aryl methyl sites for hydroxylation is 1. The van der Waals surface area contributed by atoms with Crippen molar-refractivity contribution in [1.82, 2.24) is 19.8 Å². The third-order valence-electron chi connectivity index (χ3n) is 4.26. The molecule has 0 saturated carbocycles. The Morgan fingerprint density at radius 1 is 1.08 bits per heavy atom. The quantitative estimate of drug-likeness (QED) is 0.768. The molecule has 0 fully saturated rings. The predicted octanol–water partition coefficient (Wildman–Crippen LogP) is 2.23. The summed E-state index contributed by atoms with van der Waals surface area (Å²) in [5, 5.41) is 13.7. The molecule has 1 aromatic carbocycles. The summed E-state index contributed by atoms with van der Waals surface area (Å²) in [5.74, 6) is 1.11. The van der Waals surface area contributed by atoms with Gasteiger partial charge in [-0.05, 0) is 18.6 Å². The molecule has 0 atom stereocenters. The van der Waals surface area contributed by atoms with Crippen LogP contribution in [0.15, 0.2) is 34.5 Å². The Bertz CT molecular complexity index is 854. The van der Waals surface area contributed by atoms with E-state index < -0.39 is 0 Å². The zero-order chi connectivity index (χ0) is 17.4. The van der Waals surface area contributed by atoms with Crippen LogP contribution in [-0.4, -0.2) is 49.6 Å². The molecular formula is C17H17N5O2S. The fraction of sp³-hybridized carbons (Fsp3) is 0.353. The van der Waals surface area contributed by atoms with E-state index >= 15 is 0 Å². The second kappa shape index (κ2) is 6.44. The van der Waals surface area contributed by atoms with Crippen LogP contribution in [0.1, 0.15) is 46.3 Å². The monoisotopic (exact) mass is 355 g/mol. The number of imide groups is 1. The van der Waals surface area contributed by atoms with Gasteiger partial charge in [0, 0.05) is 25.1 Å². The molecule has 2 aliphatic heterocycles. The lowest BCUT2D eigenvalue weighted by molar-refractivity contribution is 0.0658. The highest BCUT2D eigenvalue weighted by Crippen LogP contribution is 2.25. The summed E-state index contributed by atoms with van der Waals surface area (Å²) in [6, 6.07) is 6.95. The molecule has 3 heterocycles. The number of nitrogens with zero attached hydrogens (tertiary/aromatic N) is 5. The molecule has 7 nitrogen and oxygen atoms in total. The van der Waals surface area contributed by atoms with Crippen LogP contribution in [0.3, 0.4) is 0 Å². The molecule has 0 bridgehead atoms. The van der Waals surface area contributed by atoms with Crippen LogP contribution in [0.25, 0.3) is 0 Å². The maximum Gasteiger partial charge on any atom is 0.261 e. The molecule has 0 spiro atoms.